The van der Waals surface area contributed by atoms with Crippen LogP contribution in [0.3, 0.4) is 0 Å². The fraction of sp³-hybridized carbons (Fsp3) is 0.250. The Labute approximate surface area is 137 Å². The lowest BCUT2D eigenvalue weighted by atomic mass is 10.1. The number of benzene rings is 1. The van der Waals surface area contributed by atoms with Crippen LogP contribution in [0.25, 0.3) is 0 Å². The number of amides is 1. The molecule has 0 aliphatic rings. The van der Waals surface area contributed by atoms with Crippen molar-refractivity contribution in [1.82, 2.24) is 10.3 Å². The van der Waals surface area contributed by atoms with E-state index in [4.69, 9.17) is 9.47 Å². The molecule has 1 N–H and O–H groups in total. The summed E-state index contributed by atoms with van der Waals surface area (Å²) in [5.41, 5.74) is 1.38. The zero-order valence-corrected chi connectivity index (χ0v) is 14.0. The molecule has 1 amide bonds. The SMILES string of the molecule is COc1ccccc1C(CNC(=O)c1cncc(Br)c1)OC. The molecule has 0 bridgehead atoms. The molecule has 0 saturated carbocycles. The van der Waals surface area contributed by atoms with Crippen LogP contribution in [0.5, 0.6) is 5.75 Å². The van der Waals surface area contributed by atoms with Crippen LogP contribution < -0.4 is 10.1 Å². The van der Waals surface area contributed by atoms with Crippen LogP contribution in [0.4, 0.5) is 0 Å². The molecule has 22 heavy (non-hydrogen) atoms. The average Bonchev–Trinajstić information content (AvgIpc) is 2.55. The van der Waals surface area contributed by atoms with E-state index >= 15 is 0 Å². The largest absolute Gasteiger partial charge is 0.496 e. The van der Waals surface area contributed by atoms with Gasteiger partial charge in [-0.1, -0.05) is 18.2 Å². The number of hydrogen-bond donors (Lipinski definition) is 1. The quantitative estimate of drug-likeness (QED) is 0.855. The molecule has 0 saturated heterocycles. The minimum absolute atomic E-state index is 0.203. The van der Waals surface area contributed by atoms with E-state index in [0.717, 1.165) is 15.8 Å². The van der Waals surface area contributed by atoms with Crippen LogP contribution in [0.1, 0.15) is 22.0 Å². The highest BCUT2D eigenvalue weighted by atomic mass is 79.9. The number of carbonyl (C=O) groups is 1. The van der Waals surface area contributed by atoms with Crippen molar-refractivity contribution >= 4 is 21.8 Å². The summed E-state index contributed by atoms with van der Waals surface area (Å²) in [6, 6.07) is 9.29. The van der Waals surface area contributed by atoms with Gasteiger partial charge in [-0.05, 0) is 28.1 Å². The normalized spacial score (nSPS) is 11.8. The van der Waals surface area contributed by atoms with Gasteiger partial charge in [0.1, 0.15) is 11.9 Å². The molecule has 0 aliphatic heterocycles. The van der Waals surface area contributed by atoms with Gasteiger partial charge in [0.2, 0.25) is 0 Å². The van der Waals surface area contributed by atoms with Gasteiger partial charge >= 0.3 is 0 Å². The summed E-state index contributed by atoms with van der Waals surface area (Å²) in [4.78, 5) is 16.1. The van der Waals surface area contributed by atoms with E-state index in [1.165, 1.54) is 6.20 Å². The highest BCUT2D eigenvalue weighted by molar-refractivity contribution is 9.10. The summed E-state index contributed by atoms with van der Waals surface area (Å²) >= 11 is 3.30. The molecule has 1 aromatic heterocycles. The molecule has 6 heteroatoms. The average molecular weight is 365 g/mol. The van der Waals surface area contributed by atoms with E-state index in [1.807, 2.05) is 24.3 Å². The van der Waals surface area contributed by atoms with E-state index in [0.29, 0.717) is 12.1 Å². The van der Waals surface area contributed by atoms with Gasteiger partial charge in [-0.3, -0.25) is 9.78 Å². The molecule has 2 aromatic rings. The third-order valence-electron chi connectivity index (χ3n) is 3.19. The fourth-order valence-corrected chi connectivity index (χ4v) is 2.44. The number of para-hydroxylation sites is 1. The summed E-state index contributed by atoms with van der Waals surface area (Å²) in [6.07, 6.45) is 2.86. The predicted molar refractivity (Wildman–Crippen MR) is 87.0 cm³/mol. The van der Waals surface area contributed by atoms with E-state index < -0.39 is 0 Å². The van der Waals surface area contributed by atoms with Crippen LogP contribution in [0, 0.1) is 0 Å². The first kappa shape index (κ1) is 16.5. The van der Waals surface area contributed by atoms with E-state index in [2.05, 4.69) is 26.2 Å². The zero-order chi connectivity index (χ0) is 15.9. The smallest absolute Gasteiger partial charge is 0.252 e. The van der Waals surface area contributed by atoms with Gasteiger partial charge in [-0.2, -0.15) is 0 Å². The molecular formula is C16H17BrN2O3. The maximum Gasteiger partial charge on any atom is 0.252 e. The van der Waals surface area contributed by atoms with Gasteiger partial charge in [0.05, 0.1) is 12.7 Å². The Balaban J connectivity index is 2.06. The van der Waals surface area contributed by atoms with Gasteiger partial charge < -0.3 is 14.8 Å². The predicted octanol–water partition coefficient (Wildman–Crippen LogP) is 2.97. The molecule has 1 heterocycles. The first-order chi connectivity index (χ1) is 10.7. The van der Waals surface area contributed by atoms with Gasteiger partial charge in [-0.15, -0.1) is 0 Å². The molecule has 1 atom stereocenters. The lowest BCUT2D eigenvalue weighted by Crippen LogP contribution is -2.29. The number of ether oxygens (including phenoxy) is 2. The van der Waals surface area contributed by atoms with Crippen molar-refractivity contribution in [1.29, 1.82) is 0 Å². The molecule has 5 nitrogen and oxygen atoms in total. The number of aromatic nitrogens is 1. The van der Waals surface area contributed by atoms with Crippen molar-refractivity contribution in [2.24, 2.45) is 0 Å². The molecule has 0 aliphatic carbocycles. The fourth-order valence-electron chi connectivity index (χ4n) is 2.08. The number of rotatable bonds is 6. The molecule has 0 fully saturated rings. The van der Waals surface area contributed by atoms with Crippen LogP contribution in [0.2, 0.25) is 0 Å². The Morgan fingerprint density at radius 3 is 2.77 bits per heavy atom. The Morgan fingerprint density at radius 2 is 2.09 bits per heavy atom. The van der Waals surface area contributed by atoms with Gasteiger partial charge in [0.25, 0.3) is 5.91 Å². The summed E-state index contributed by atoms with van der Waals surface area (Å²) in [6.45, 7) is 0.336. The van der Waals surface area contributed by atoms with E-state index in [9.17, 15) is 4.79 Å². The lowest BCUT2D eigenvalue weighted by molar-refractivity contribution is 0.0819. The van der Waals surface area contributed by atoms with Crippen LogP contribution >= 0.6 is 15.9 Å². The number of nitrogens with one attached hydrogen (secondary N) is 1. The van der Waals surface area contributed by atoms with E-state index in [1.54, 1.807) is 26.5 Å². The van der Waals surface area contributed by atoms with Crippen molar-refractivity contribution in [3.8, 4) is 5.75 Å². The van der Waals surface area contributed by atoms with Gasteiger partial charge in [0.15, 0.2) is 0 Å². The topological polar surface area (TPSA) is 60.5 Å². The highest BCUT2D eigenvalue weighted by Crippen LogP contribution is 2.26. The maximum atomic E-state index is 12.1. The molecule has 2 rings (SSSR count). The molecule has 116 valence electrons. The number of nitrogens with zero attached hydrogens (tertiary/aromatic N) is 1. The first-order valence-corrected chi connectivity index (χ1v) is 7.49. The molecule has 0 spiro atoms. The second kappa shape index (κ2) is 7.91. The van der Waals surface area contributed by atoms with Gasteiger partial charge in [0, 0.05) is 36.1 Å². The van der Waals surface area contributed by atoms with Gasteiger partial charge in [-0.25, -0.2) is 0 Å². The summed E-state index contributed by atoms with van der Waals surface area (Å²) in [7, 11) is 3.21. The Morgan fingerprint density at radius 1 is 1.32 bits per heavy atom. The molecule has 1 unspecified atom stereocenters. The third-order valence-corrected chi connectivity index (χ3v) is 3.62. The Kier molecular flexibility index (Phi) is 5.91. The van der Waals surface area contributed by atoms with Crippen molar-refractivity contribution in [3.63, 3.8) is 0 Å². The third kappa shape index (κ3) is 4.05. The summed E-state index contributed by atoms with van der Waals surface area (Å²) in [5.74, 6) is 0.526. The Hall–Kier alpha value is -1.92. The van der Waals surface area contributed by atoms with Crippen LogP contribution in [-0.2, 0) is 4.74 Å². The maximum absolute atomic E-state index is 12.1. The first-order valence-electron chi connectivity index (χ1n) is 6.70. The van der Waals surface area contributed by atoms with Crippen molar-refractivity contribution in [3.05, 3.63) is 58.3 Å². The molecule has 1 aromatic carbocycles. The van der Waals surface area contributed by atoms with Crippen LogP contribution in [-0.4, -0.2) is 31.7 Å². The minimum atomic E-state index is -0.291. The van der Waals surface area contributed by atoms with Crippen molar-refractivity contribution in [2.75, 3.05) is 20.8 Å². The number of carbonyl (C=O) groups excluding carboxylic acids is 1. The monoisotopic (exact) mass is 364 g/mol. The number of methoxy groups -OCH3 is 2. The van der Waals surface area contributed by atoms with Crippen molar-refractivity contribution < 1.29 is 14.3 Å². The van der Waals surface area contributed by atoms with Crippen LogP contribution in [0.15, 0.2) is 47.2 Å². The lowest BCUT2D eigenvalue weighted by Gasteiger charge is -2.19. The second-order valence-electron chi connectivity index (χ2n) is 4.57. The zero-order valence-electron chi connectivity index (χ0n) is 12.4. The number of halogens is 1. The van der Waals surface area contributed by atoms with Crippen molar-refractivity contribution in [2.45, 2.75) is 6.10 Å². The minimum Gasteiger partial charge on any atom is -0.496 e. The number of hydrogen-bond acceptors (Lipinski definition) is 4. The molecule has 0 radical (unpaired) electrons. The van der Waals surface area contributed by atoms with E-state index in [-0.39, 0.29) is 12.0 Å². The number of pyridine rings is 1. The summed E-state index contributed by atoms with van der Waals surface area (Å²) < 4.78 is 11.6. The second-order valence-corrected chi connectivity index (χ2v) is 5.48. The standard InChI is InChI=1S/C16H17BrN2O3/c1-21-14-6-4-3-5-13(14)15(22-2)10-19-16(20)11-7-12(17)9-18-8-11/h3-9,15H,10H2,1-2H3,(H,19,20). The summed E-state index contributed by atoms with van der Waals surface area (Å²) in [5, 5.41) is 2.85. The Bertz CT molecular complexity index is 649. The molecular weight excluding hydrogens is 348 g/mol. The highest BCUT2D eigenvalue weighted by Gasteiger charge is 2.17.